The second-order valence-corrected chi connectivity index (χ2v) is 8.75. The maximum absolute atomic E-state index is 14.6. The Balaban J connectivity index is 2.11. The van der Waals surface area contributed by atoms with Crippen LogP contribution in [0.15, 0.2) is 26.1 Å². The molecule has 27 heavy (non-hydrogen) atoms. The van der Waals surface area contributed by atoms with Crippen molar-refractivity contribution in [1.29, 1.82) is 0 Å². The third-order valence-corrected chi connectivity index (χ3v) is 6.24. The van der Waals surface area contributed by atoms with Crippen LogP contribution in [-0.4, -0.2) is 21.5 Å². The zero-order chi connectivity index (χ0) is 19.9. The van der Waals surface area contributed by atoms with Gasteiger partial charge in [-0.15, -0.1) is 0 Å². The van der Waals surface area contributed by atoms with Gasteiger partial charge in [-0.05, 0) is 49.2 Å². The van der Waals surface area contributed by atoms with Gasteiger partial charge in [0, 0.05) is 17.2 Å². The minimum absolute atomic E-state index is 0.126. The van der Waals surface area contributed by atoms with Gasteiger partial charge in [0.05, 0.1) is 21.0 Å². The molecule has 0 bridgehead atoms. The highest BCUT2D eigenvalue weighted by Gasteiger charge is 2.41. The minimum atomic E-state index is -1.27. The van der Waals surface area contributed by atoms with Crippen LogP contribution in [0.3, 0.4) is 0 Å². The summed E-state index contributed by atoms with van der Waals surface area (Å²) in [6, 6.07) is 1.70. The van der Waals surface area contributed by atoms with Gasteiger partial charge in [-0.2, -0.15) is 0 Å². The molecule has 0 spiro atoms. The first kappa shape index (κ1) is 19.8. The molecule has 1 aliphatic heterocycles. The summed E-state index contributed by atoms with van der Waals surface area (Å²) in [7, 11) is 0. The first-order valence-corrected chi connectivity index (χ1v) is 9.56. The Bertz CT molecular complexity index is 930. The molecule has 2 N–H and O–H groups in total. The minimum Gasteiger partial charge on any atom is -0.465 e. The normalized spacial score (nSPS) is 22.4. The zero-order valence-corrected chi connectivity index (χ0v) is 17.0. The summed E-state index contributed by atoms with van der Waals surface area (Å²) in [6.45, 7) is 5.27. The largest absolute Gasteiger partial charge is 0.465 e. The fraction of sp³-hybridized carbons (Fsp3) is 0.353. The standard InChI is InChI=1S/C17H16BrF2N3O3S/c1-7-14(8(2)26-23-7)13-6-17(3,27-15(21-13)22-16(24)25)9-4-10(18)12(20)5-11(9)19/h4-5,13H,6H2,1-3H3,(H,21,22)(H,24,25)/t13-,17+/m1/s1. The van der Waals surface area contributed by atoms with E-state index in [2.05, 4.69) is 31.4 Å². The number of nitrogens with zero attached hydrogens (tertiary/aromatic N) is 2. The van der Waals surface area contributed by atoms with Gasteiger partial charge in [-0.25, -0.2) is 13.6 Å². The quantitative estimate of drug-likeness (QED) is 0.613. The number of hydrogen-bond donors (Lipinski definition) is 2. The van der Waals surface area contributed by atoms with Crippen molar-refractivity contribution in [2.24, 2.45) is 4.99 Å². The number of aryl methyl sites for hydroxylation is 2. The molecule has 0 fully saturated rings. The molecule has 3 rings (SSSR count). The van der Waals surface area contributed by atoms with Crippen molar-refractivity contribution in [1.82, 2.24) is 10.5 Å². The molecule has 10 heteroatoms. The fourth-order valence-electron chi connectivity index (χ4n) is 3.21. The maximum Gasteiger partial charge on any atom is 0.410 e. The van der Waals surface area contributed by atoms with Gasteiger partial charge < -0.3 is 9.63 Å². The van der Waals surface area contributed by atoms with E-state index in [0.717, 1.165) is 23.4 Å². The van der Waals surface area contributed by atoms with E-state index < -0.39 is 28.5 Å². The summed E-state index contributed by atoms with van der Waals surface area (Å²) in [5, 5.41) is 15.4. The third-order valence-electron chi connectivity index (χ3n) is 4.39. The van der Waals surface area contributed by atoms with Gasteiger partial charge in [-0.1, -0.05) is 16.9 Å². The van der Waals surface area contributed by atoms with Crippen molar-refractivity contribution in [3.05, 3.63) is 50.8 Å². The van der Waals surface area contributed by atoms with Crippen molar-refractivity contribution in [3.63, 3.8) is 0 Å². The van der Waals surface area contributed by atoms with Crippen LogP contribution in [0.4, 0.5) is 13.6 Å². The lowest BCUT2D eigenvalue weighted by Gasteiger charge is -2.36. The molecule has 6 nitrogen and oxygen atoms in total. The molecule has 2 heterocycles. The second-order valence-electron chi connectivity index (χ2n) is 6.40. The molecule has 0 aliphatic carbocycles. The number of carbonyl (C=O) groups is 1. The van der Waals surface area contributed by atoms with Crippen molar-refractivity contribution in [2.75, 3.05) is 0 Å². The van der Waals surface area contributed by atoms with E-state index in [1.165, 1.54) is 6.07 Å². The Morgan fingerprint density at radius 3 is 2.70 bits per heavy atom. The molecule has 1 aromatic heterocycles. The first-order valence-electron chi connectivity index (χ1n) is 7.95. The van der Waals surface area contributed by atoms with E-state index >= 15 is 0 Å². The van der Waals surface area contributed by atoms with E-state index in [9.17, 15) is 13.6 Å². The average Bonchev–Trinajstić information content (AvgIpc) is 2.88. The Morgan fingerprint density at radius 1 is 1.41 bits per heavy atom. The van der Waals surface area contributed by atoms with Gasteiger partial charge in [-0.3, -0.25) is 10.3 Å². The van der Waals surface area contributed by atoms with E-state index in [1.54, 1.807) is 20.8 Å². The molecule has 0 saturated carbocycles. The van der Waals surface area contributed by atoms with Crippen LogP contribution in [0.2, 0.25) is 0 Å². The molecule has 0 saturated heterocycles. The summed E-state index contributed by atoms with van der Waals surface area (Å²) in [6.07, 6.45) is -0.927. The van der Waals surface area contributed by atoms with Crippen LogP contribution in [0.5, 0.6) is 0 Å². The smallest absolute Gasteiger partial charge is 0.410 e. The van der Waals surface area contributed by atoms with Gasteiger partial charge >= 0.3 is 6.09 Å². The summed E-state index contributed by atoms with van der Waals surface area (Å²) < 4.78 is 32.7. The van der Waals surface area contributed by atoms with Crippen LogP contribution < -0.4 is 5.32 Å². The summed E-state index contributed by atoms with van der Waals surface area (Å²) in [5.74, 6) is -0.855. The Labute approximate surface area is 166 Å². The van der Waals surface area contributed by atoms with Crippen LogP contribution >= 0.6 is 27.7 Å². The number of nitrogens with one attached hydrogen (secondary N) is 1. The molecule has 2 atom stereocenters. The van der Waals surface area contributed by atoms with Crippen LogP contribution in [0.1, 0.15) is 42.0 Å². The van der Waals surface area contributed by atoms with Crippen LogP contribution in [0.25, 0.3) is 0 Å². The van der Waals surface area contributed by atoms with Crippen molar-refractivity contribution in [2.45, 2.75) is 38.0 Å². The van der Waals surface area contributed by atoms with E-state index in [0.29, 0.717) is 17.9 Å². The number of benzene rings is 1. The monoisotopic (exact) mass is 459 g/mol. The average molecular weight is 460 g/mol. The number of amides is 1. The number of aromatic nitrogens is 1. The number of carboxylic acid groups (broad SMARTS) is 1. The second kappa shape index (κ2) is 7.23. The van der Waals surface area contributed by atoms with Gasteiger partial charge in [0.15, 0.2) is 5.17 Å². The Hall–Kier alpha value is -1.94. The van der Waals surface area contributed by atoms with Crippen LogP contribution in [-0.2, 0) is 4.75 Å². The topological polar surface area (TPSA) is 87.7 Å². The highest BCUT2D eigenvalue weighted by atomic mass is 79.9. The van der Waals surface area contributed by atoms with E-state index in [4.69, 9.17) is 9.63 Å². The molecular formula is C17H16BrF2N3O3S. The summed E-state index contributed by atoms with van der Waals surface area (Å²) in [5.41, 5.74) is 1.61. The molecule has 0 radical (unpaired) electrons. The number of amidine groups is 1. The predicted octanol–water partition coefficient (Wildman–Crippen LogP) is 5.05. The Morgan fingerprint density at radius 2 is 2.11 bits per heavy atom. The number of hydrogen-bond acceptors (Lipinski definition) is 5. The first-order chi connectivity index (χ1) is 12.6. The summed E-state index contributed by atoms with van der Waals surface area (Å²) in [4.78, 5) is 15.6. The van der Waals surface area contributed by atoms with Crippen molar-refractivity contribution in [3.8, 4) is 0 Å². The van der Waals surface area contributed by atoms with Crippen LogP contribution in [0, 0.1) is 25.5 Å². The molecule has 1 aliphatic rings. The zero-order valence-electron chi connectivity index (χ0n) is 14.6. The number of thioether (sulfide) groups is 1. The van der Waals surface area contributed by atoms with E-state index in [-0.39, 0.29) is 15.2 Å². The lowest BCUT2D eigenvalue weighted by Crippen LogP contribution is -2.36. The lowest BCUT2D eigenvalue weighted by atomic mass is 9.88. The molecule has 0 unspecified atom stereocenters. The van der Waals surface area contributed by atoms with Crippen molar-refractivity contribution < 1.29 is 23.2 Å². The third kappa shape index (κ3) is 3.86. The number of aliphatic imine (C=N–C) groups is 1. The molecule has 144 valence electrons. The predicted molar refractivity (Wildman–Crippen MR) is 101 cm³/mol. The lowest BCUT2D eigenvalue weighted by molar-refractivity contribution is 0.200. The molecular weight excluding hydrogens is 444 g/mol. The van der Waals surface area contributed by atoms with E-state index in [1.807, 2.05) is 0 Å². The van der Waals surface area contributed by atoms with Gasteiger partial charge in [0.2, 0.25) is 0 Å². The summed E-state index contributed by atoms with van der Waals surface area (Å²) >= 11 is 4.17. The number of rotatable bonds is 2. The van der Waals surface area contributed by atoms with Crippen molar-refractivity contribution >= 4 is 39.0 Å². The molecule has 1 aromatic carbocycles. The fourth-order valence-corrected chi connectivity index (χ4v) is 4.81. The highest BCUT2D eigenvalue weighted by Crippen LogP contribution is 2.50. The number of halogens is 3. The van der Waals surface area contributed by atoms with Gasteiger partial charge in [0.25, 0.3) is 0 Å². The highest BCUT2D eigenvalue weighted by molar-refractivity contribution is 9.10. The SMILES string of the molecule is Cc1noc(C)c1[C@H]1C[C@@](C)(c2cc(Br)c(F)cc2F)SC(NC(=O)O)=N1. The molecule has 1 amide bonds. The van der Waals surface area contributed by atoms with Gasteiger partial charge in [0.1, 0.15) is 17.4 Å². The maximum atomic E-state index is 14.6. The Kier molecular flexibility index (Phi) is 5.31. The molecule has 2 aromatic rings.